The van der Waals surface area contributed by atoms with Crippen LogP contribution in [0.4, 0.5) is 0 Å². The van der Waals surface area contributed by atoms with E-state index in [0.717, 1.165) is 59.3 Å². The number of aryl methyl sites for hydroxylation is 1. The molecule has 0 aliphatic carbocycles. The van der Waals surface area contributed by atoms with Crippen LogP contribution in [0.25, 0.3) is 11.0 Å². The van der Waals surface area contributed by atoms with Gasteiger partial charge in [0.15, 0.2) is 0 Å². The summed E-state index contributed by atoms with van der Waals surface area (Å²) in [6.45, 7) is 8.66. The summed E-state index contributed by atoms with van der Waals surface area (Å²) in [5, 5.41) is 3.01. The third-order valence-electron chi connectivity index (χ3n) is 6.51. The number of unbranched alkanes of at least 4 members (excludes halogenated alkanes) is 2. The number of nitrogens with one attached hydrogen (secondary N) is 1. The monoisotopic (exact) mass is 561 g/mol. The zero-order chi connectivity index (χ0) is 26.3. The fourth-order valence-electron chi connectivity index (χ4n) is 4.36. The van der Waals surface area contributed by atoms with Crippen molar-refractivity contribution in [2.75, 3.05) is 13.2 Å². The lowest BCUT2D eigenvalue weighted by molar-refractivity contribution is 0.0953. The highest BCUT2D eigenvalue weighted by molar-refractivity contribution is 9.10. The van der Waals surface area contributed by atoms with Crippen LogP contribution in [0.5, 0.6) is 5.75 Å². The molecule has 4 rings (SSSR count). The molecule has 0 atom stereocenters. The number of aromatic nitrogens is 2. The van der Waals surface area contributed by atoms with Crippen LogP contribution < -0.4 is 10.1 Å². The number of halogens is 1. The van der Waals surface area contributed by atoms with Crippen LogP contribution in [0.15, 0.2) is 77.3 Å². The fraction of sp³-hybridized carbons (Fsp3) is 0.355. The molecule has 0 bridgehead atoms. The van der Waals surface area contributed by atoms with Crippen LogP contribution in [0.1, 0.15) is 61.8 Å². The largest absolute Gasteiger partial charge is 0.492 e. The van der Waals surface area contributed by atoms with Gasteiger partial charge in [0.2, 0.25) is 0 Å². The predicted octanol–water partition coefficient (Wildman–Crippen LogP) is 7.32. The number of carbonyl (C=O) groups excluding carboxylic acids is 1. The summed E-state index contributed by atoms with van der Waals surface area (Å²) >= 11 is 3.40. The second kappa shape index (κ2) is 12.4. The quantitative estimate of drug-likeness (QED) is 0.195. The zero-order valence-corrected chi connectivity index (χ0v) is 23.6. The molecule has 0 radical (unpaired) electrons. The molecule has 0 spiro atoms. The first-order valence-electron chi connectivity index (χ1n) is 13.0. The maximum Gasteiger partial charge on any atom is 0.251 e. The lowest BCUT2D eigenvalue weighted by atomic mass is 9.87. The lowest BCUT2D eigenvalue weighted by Gasteiger charge is -2.19. The number of fused-ring (bicyclic) bond motifs is 1. The standard InChI is InChI=1S/C31H36BrN3O2/c1-31(2,3)24-14-18-26(19-15-24)37-22-21-35-28-10-7-6-9-27(28)34-29(35)11-5-4-8-20-33-30(36)23-12-16-25(32)17-13-23/h6-7,9-10,12-19H,4-5,8,11,20-22H2,1-3H3,(H,33,36). The maximum absolute atomic E-state index is 12.3. The molecule has 3 aromatic carbocycles. The molecule has 0 fully saturated rings. The van der Waals surface area contributed by atoms with E-state index in [9.17, 15) is 4.79 Å². The average Bonchev–Trinajstić information content (AvgIpc) is 3.23. The number of amides is 1. The lowest BCUT2D eigenvalue weighted by Crippen LogP contribution is -2.24. The molecule has 5 nitrogen and oxygen atoms in total. The normalized spacial score (nSPS) is 11.6. The molecular formula is C31H36BrN3O2. The molecule has 4 aromatic rings. The molecule has 6 heteroatoms. The Hall–Kier alpha value is -3.12. The van der Waals surface area contributed by atoms with Crippen molar-refractivity contribution in [1.82, 2.24) is 14.9 Å². The number of hydrogen-bond acceptors (Lipinski definition) is 3. The van der Waals surface area contributed by atoms with Crippen molar-refractivity contribution >= 4 is 32.9 Å². The van der Waals surface area contributed by atoms with Gasteiger partial charge in [-0.2, -0.15) is 0 Å². The van der Waals surface area contributed by atoms with Gasteiger partial charge < -0.3 is 14.6 Å². The van der Waals surface area contributed by atoms with Crippen LogP contribution in [-0.2, 0) is 18.4 Å². The number of rotatable bonds is 11. The number of benzene rings is 3. The number of imidazole rings is 1. The predicted molar refractivity (Wildman–Crippen MR) is 154 cm³/mol. The summed E-state index contributed by atoms with van der Waals surface area (Å²) in [7, 11) is 0. The van der Waals surface area contributed by atoms with Crippen molar-refractivity contribution in [2.45, 2.75) is 58.4 Å². The van der Waals surface area contributed by atoms with E-state index in [1.54, 1.807) is 0 Å². The molecule has 1 N–H and O–H groups in total. The molecule has 0 aliphatic rings. The molecule has 0 saturated heterocycles. The SMILES string of the molecule is CC(C)(C)c1ccc(OCCn2c(CCCCCNC(=O)c3ccc(Br)cc3)nc3ccccc32)cc1. The molecule has 1 aromatic heterocycles. The Labute approximate surface area is 228 Å². The maximum atomic E-state index is 12.3. The van der Waals surface area contributed by atoms with Gasteiger partial charge in [-0.1, -0.05) is 67.4 Å². The van der Waals surface area contributed by atoms with Gasteiger partial charge in [-0.25, -0.2) is 4.98 Å². The third-order valence-corrected chi connectivity index (χ3v) is 7.04. The summed E-state index contributed by atoms with van der Waals surface area (Å²) in [6.07, 6.45) is 3.89. The van der Waals surface area contributed by atoms with E-state index in [1.165, 1.54) is 5.56 Å². The highest BCUT2D eigenvalue weighted by Crippen LogP contribution is 2.24. The topological polar surface area (TPSA) is 56.1 Å². The number of carbonyl (C=O) groups is 1. The summed E-state index contributed by atoms with van der Waals surface area (Å²) in [6, 6.07) is 24.1. The van der Waals surface area contributed by atoms with E-state index in [0.29, 0.717) is 18.7 Å². The summed E-state index contributed by atoms with van der Waals surface area (Å²) in [4.78, 5) is 17.2. The Morgan fingerprint density at radius 3 is 2.41 bits per heavy atom. The van der Waals surface area contributed by atoms with Gasteiger partial charge in [0.25, 0.3) is 5.91 Å². The van der Waals surface area contributed by atoms with Crippen LogP contribution in [0.2, 0.25) is 0 Å². The van der Waals surface area contributed by atoms with Crippen LogP contribution >= 0.6 is 15.9 Å². The van der Waals surface area contributed by atoms with E-state index < -0.39 is 0 Å². The highest BCUT2D eigenvalue weighted by Gasteiger charge is 2.14. The van der Waals surface area contributed by atoms with E-state index in [4.69, 9.17) is 9.72 Å². The number of hydrogen-bond donors (Lipinski definition) is 1. The Bertz CT molecular complexity index is 1310. The minimum atomic E-state index is -0.0256. The Kier molecular flexibility index (Phi) is 9.04. The van der Waals surface area contributed by atoms with E-state index in [1.807, 2.05) is 30.3 Å². The van der Waals surface area contributed by atoms with Crippen LogP contribution in [0.3, 0.4) is 0 Å². The third kappa shape index (κ3) is 7.45. The summed E-state index contributed by atoms with van der Waals surface area (Å²) < 4.78 is 9.34. The molecule has 37 heavy (non-hydrogen) atoms. The van der Waals surface area contributed by atoms with Gasteiger partial charge in [0.05, 0.1) is 17.6 Å². The van der Waals surface area contributed by atoms with Gasteiger partial charge in [-0.3, -0.25) is 4.79 Å². The first-order valence-corrected chi connectivity index (χ1v) is 13.8. The van der Waals surface area contributed by atoms with Gasteiger partial charge in [-0.05, 0) is 72.4 Å². The van der Waals surface area contributed by atoms with Crippen molar-refractivity contribution in [1.29, 1.82) is 0 Å². The number of ether oxygens (including phenoxy) is 1. The van der Waals surface area contributed by atoms with Gasteiger partial charge in [0.1, 0.15) is 18.2 Å². The molecule has 1 heterocycles. The van der Waals surface area contributed by atoms with Gasteiger partial charge >= 0.3 is 0 Å². The number of nitrogens with zero attached hydrogens (tertiary/aromatic N) is 2. The number of para-hydroxylation sites is 2. The van der Waals surface area contributed by atoms with Gasteiger partial charge in [-0.15, -0.1) is 0 Å². The first-order chi connectivity index (χ1) is 17.8. The van der Waals surface area contributed by atoms with Crippen molar-refractivity contribution < 1.29 is 9.53 Å². The Morgan fingerprint density at radius 1 is 0.946 bits per heavy atom. The Morgan fingerprint density at radius 2 is 1.68 bits per heavy atom. The fourth-order valence-corrected chi connectivity index (χ4v) is 4.63. The smallest absolute Gasteiger partial charge is 0.251 e. The van der Waals surface area contributed by atoms with Crippen molar-refractivity contribution in [3.8, 4) is 5.75 Å². The second-order valence-electron chi connectivity index (χ2n) is 10.4. The molecule has 0 aliphatic heterocycles. The first kappa shape index (κ1) is 26.9. The van der Waals surface area contributed by atoms with E-state index in [2.05, 4.69) is 89.0 Å². The van der Waals surface area contributed by atoms with Gasteiger partial charge in [0, 0.05) is 23.0 Å². The van der Waals surface area contributed by atoms with Crippen molar-refractivity contribution in [3.05, 3.63) is 94.2 Å². The zero-order valence-electron chi connectivity index (χ0n) is 22.0. The second-order valence-corrected chi connectivity index (χ2v) is 11.3. The van der Waals surface area contributed by atoms with Crippen LogP contribution in [0, 0.1) is 0 Å². The Balaban J connectivity index is 1.27. The molecule has 194 valence electrons. The average molecular weight is 563 g/mol. The summed E-state index contributed by atoms with van der Waals surface area (Å²) in [5.74, 6) is 1.96. The molecule has 0 unspecified atom stereocenters. The van der Waals surface area contributed by atoms with Crippen LogP contribution in [-0.4, -0.2) is 28.6 Å². The molecule has 1 amide bonds. The highest BCUT2D eigenvalue weighted by atomic mass is 79.9. The minimum Gasteiger partial charge on any atom is -0.492 e. The van der Waals surface area contributed by atoms with E-state index in [-0.39, 0.29) is 11.3 Å². The van der Waals surface area contributed by atoms with Crippen molar-refractivity contribution in [2.24, 2.45) is 0 Å². The molecule has 0 saturated carbocycles. The summed E-state index contributed by atoms with van der Waals surface area (Å²) in [5.41, 5.74) is 4.29. The van der Waals surface area contributed by atoms with Crippen molar-refractivity contribution in [3.63, 3.8) is 0 Å². The molecular weight excluding hydrogens is 526 g/mol. The minimum absolute atomic E-state index is 0.0256. The van der Waals surface area contributed by atoms with E-state index >= 15 is 0 Å².